The van der Waals surface area contributed by atoms with Gasteiger partial charge < -0.3 is 9.73 Å². The van der Waals surface area contributed by atoms with Gasteiger partial charge in [0, 0.05) is 17.5 Å². The lowest BCUT2D eigenvalue weighted by Crippen LogP contribution is -2.14. The Kier molecular flexibility index (Phi) is 3.72. The van der Waals surface area contributed by atoms with Crippen LogP contribution in [0.5, 0.6) is 0 Å². The van der Waals surface area contributed by atoms with Gasteiger partial charge in [0.1, 0.15) is 5.76 Å². The maximum absolute atomic E-state index is 5.32. The van der Waals surface area contributed by atoms with E-state index in [-0.39, 0.29) is 0 Å². The molecule has 0 spiro atoms. The van der Waals surface area contributed by atoms with Crippen LogP contribution in [0.15, 0.2) is 52.0 Å². The van der Waals surface area contributed by atoms with Crippen LogP contribution in [0.3, 0.4) is 0 Å². The van der Waals surface area contributed by atoms with Gasteiger partial charge in [-0.05, 0) is 42.7 Å². The molecule has 2 aromatic rings. The molecule has 1 aromatic heterocycles. The molecule has 0 radical (unpaired) electrons. The molecule has 1 saturated carbocycles. The number of benzene rings is 1. The average Bonchev–Trinajstić information content (AvgIpc) is 3.09. The lowest BCUT2D eigenvalue weighted by molar-refractivity contribution is 0.530. The maximum atomic E-state index is 5.32. The van der Waals surface area contributed by atoms with E-state index in [2.05, 4.69) is 29.6 Å². The number of nitrogens with one attached hydrogen (secondary N) is 1. The molecule has 0 atom stereocenters. The van der Waals surface area contributed by atoms with Crippen LogP contribution < -0.4 is 5.32 Å². The molecule has 94 valence electrons. The zero-order valence-corrected chi connectivity index (χ0v) is 11.1. The third-order valence-electron chi connectivity index (χ3n) is 3.06. The van der Waals surface area contributed by atoms with E-state index in [0.29, 0.717) is 0 Å². The van der Waals surface area contributed by atoms with E-state index in [0.717, 1.165) is 24.1 Å². The van der Waals surface area contributed by atoms with Crippen molar-refractivity contribution in [2.75, 3.05) is 0 Å². The summed E-state index contributed by atoms with van der Waals surface area (Å²) < 4.78 is 5.32. The first-order valence-electron chi connectivity index (χ1n) is 6.38. The summed E-state index contributed by atoms with van der Waals surface area (Å²) in [5, 5.41) is 3.52. The van der Waals surface area contributed by atoms with Crippen molar-refractivity contribution in [2.24, 2.45) is 0 Å². The topological polar surface area (TPSA) is 25.2 Å². The third kappa shape index (κ3) is 3.40. The zero-order chi connectivity index (χ0) is 12.2. The van der Waals surface area contributed by atoms with Crippen molar-refractivity contribution in [2.45, 2.75) is 36.1 Å². The number of furan rings is 1. The minimum absolute atomic E-state index is 0.776. The van der Waals surface area contributed by atoms with Crippen molar-refractivity contribution >= 4 is 11.8 Å². The van der Waals surface area contributed by atoms with Crippen LogP contribution in [-0.4, -0.2) is 6.04 Å². The Labute approximate surface area is 112 Å². The minimum Gasteiger partial charge on any atom is -0.468 e. The fraction of sp³-hybridized carbons (Fsp3) is 0.333. The van der Waals surface area contributed by atoms with Gasteiger partial charge in [0.05, 0.1) is 12.0 Å². The van der Waals surface area contributed by atoms with Crippen molar-refractivity contribution in [1.29, 1.82) is 0 Å². The highest BCUT2D eigenvalue weighted by Gasteiger charge is 2.19. The molecular formula is C15H17NOS. The molecule has 1 N–H and O–H groups in total. The van der Waals surface area contributed by atoms with Crippen LogP contribution >= 0.6 is 11.8 Å². The van der Waals surface area contributed by atoms with Crippen LogP contribution in [0.25, 0.3) is 0 Å². The van der Waals surface area contributed by atoms with Gasteiger partial charge in [0.2, 0.25) is 0 Å². The highest BCUT2D eigenvalue weighted by molar-refractivity contribution is 7.98. The van der Waals surface area contributed by atoms with Gasteiger partial charge in [0.15, 0.2) is 0 Å². The quantitative estimate of drug-likeness (QED) is 0.798. The van der Waals surface area contributed by atoms with Gasteiger partial charge in [-0.3, -0.25) is 0 Å². The van der Waals surface area contributed by atoms with E-state index in [4.69, 9.17) is 4.42 Å². The largest absolute Gasteiger partial charge is 0.468 e. The van der Waals surface area contributed by atoms with Crippen molar-refractivity contribution < 1.29 is 4.42 Å². The van der Waals surface area contributed by atoms with Crippen molar-refractivity contribution in [3.63, 3.8) is 0 Å². The van der Waals surface area contributed by atoms with Gasteiger partial charge in [-0.1, -0.05) is 12.1 Å². The highest BCUT2D eigenvalue weighted by atomic mass is 32.2. The first-order chi connectivity index (χ1) is 8.90. The summed E-state index contributed by atoms with van der Waals surface area (Å²) in [7, 11) is 0. The first-order valence-corrected chi connectivity index (χ1v) is 7.36. The molecule has 1 heterocycles. The molecule has 1 fully saturated rings. The third-order valence-corrected chi connectivity index (χ3v) is 4.09. The van der Waals surface area contributed by atoms with E-state index in [1.54, 1.807) is 6.26 Å². The monoisotopic (exact) mass is 259 g/mol. The number of thioether (sulfide) groups is 1. The van der Waals surface area contributed by atoms with E-state index < -0.39 is 0 Å². The van der Waals surface area contributed by atoms with Gasteiger partial charge in [-0.15, -0.1) is 11.8 Å². The first kappa shape index (κ1) is 11.9. The smallest absolute Gasteiger partial charge is 0.113 e. The Morgan fingerprint density at radius 3 is 2.67 bits per heavy atom. The summed E-state index contributed by atoms with van der Waals surface area (Å²) in [5.74, 6) is 1.92. The maximum Gasteiger partial charge on any atom is 0.113 e. The van der Waals surface area contributed by atoms with Crippen LogP contribution in [0.1, 0.15) is 24.2 Å². The lowest BCUT2D eigenvalue weighted by atomic mass is 10.2. The Bertz CT molecular complexity index is 474. The zero-order valence-electron chi connectivity index (χ0n) is 10.3. The predicted octanol–water partition coefficient (Wildman–Crippen LogP) is 3.82. The molecule has 0 aliphatic heterocycles. The van der Waals surface area contributed by atoms with Crippen molar-refractivity contribution in [1.82, 2.24) is 5.32 Å². The molecule has 3 rings (SSSR count). The number of rotatable bonds is 6. The van der Waals surface area contributed by atoms with E-state index in [1.807, 2.05) is 23.9 Å². The summed E-state index contributed by atoms with van der Waals surface area (Å²) in [6.45, 7) is 0.994. The molecule has 18 heavy (non-hydrogen) atoms. The van der Waals surface area contributed by atoms with E-state index in [1.165, 1.54) is 23.3 Å². The fourth-order valence-electron chi connectivity index (χ4n) is 1.80. The molecule has 1 aromatic carbocycles. The average molecular weight is 259 g/mol. The van der Waals surface area contributed by atoms with Crippen LogP contribution in [0.2, 0.25) is 0 Å². The molecular weight excluding hydrogens is 242 g/mol. The Morgan fingerprint density at radius 2 is 2.00 bits per heavy atom. The molecule has 3 heteroatoms. The van der Waals surface area contributed by atoms with Crippen molar-refractivity contribution in [3.8, 4) is 0 Å². The molecule has 1 aliphatic rings. The summed E-state index contributed by atoms with van der Waals surface area (Å²) in [4.78, 5) is 1.29. The predicted molar refractivity (Wildman–Crippen MR) is 74.6 cm³/mol. The van der Waals surface area contributed by atoms with E-state index in [9.17, 15) is 0 Å². The molecule has 2 nitrogen and oxygen atoms in total. The Morgan fingerprint density at radius 1 is 1.17 bits per heavy atom. The molecule has 0 unspecified atom stereocenters. The second-order valence-electron chi connectivity index (χ2n) is 4.67. The molecule has 0 bridgehead atoms. The summed E-state index contributed by atoms with van der Waals surface area (Å²) in [6, 6.07) is 13.5. The van der Waals surface area contributed by atoms with Gasteiger partial charge in [-0.2, -0.15) is 0 Å². The summed E-state index contributed by atoms with van der Waals surface area (Å²) >= 11 is 1.81. The number of hydrogen-bond acceptors (Lipinski definition) is 3. The second kappa shape index (κ2) is 5.63. The Hall–Kier alpha value is -1.19. The van der Waals surface area contributed by atoms with E-state index >= 15 is 0 Å². The normalized spacial score (nSPS) is 14.9. The van der Waals surface area contributed by atoms with Gasteiger partial charge in [0.25, 0.3) is 0 Å². The van der Waals surface area contributed by atoms with Crippen LogP contribution in [0, 0.1) is 0 Å². The number of hydrogen-bond donors (Lipinski definition) is 1. The minimum atomic E-state index is 0.776. The fourth-order valence-corrected chi connectivity index (χ4v) is 2.60. The summed E-state index contributed by atoms with van der Waals surface area (Å²) in [6.07, 6.45) is 4.41. The van der Waals surface area contributed by atoms with Crippen LogP contribution in [-0.2, 0) is 12.3 Å². The molecule has 1 aliphatic carbocycles. The second-order valence-corrected chi connectivity index (χ2v) is 5.72. The molecule has 0 saturated heterocycles. The van der Waals surface area contributed by atoms with Crippen molar-refractivity contribution in [3.05, 3.63) is 54.0 Å². The standard InChI is InChI=1S/C15H17NOS/c1-2-14(17-9-1)11-18-15-7-3-12(4-8-15)10-16-13-5-6-13/h1-4,7-9,13,16H,5-6,10-11H2. The molecule has 0 amide bonds. The Balaban J connectivity index is 1.50. The SMILES string of the molecule is c1coc(CSc2ccc(CNC3CC3)cc2)c1. The highest BCUT2D eigenvalue weighted by Crippen LogP contribution is 2.24. The lowest BCUT2D eigenvalue weighted by Gasteiger charge is -2.04. The summed E-state index contributed by atoms with van der Waals surface area (Å²) in [5.41, 5.74) is 1.37. The van der Waals surface area contributed by atoms with Gasteiger partial charge >= 0.3 is 0 Å². The van der Waals surface area contributed by atoms with Crippen LogP contribution in [0.4, 0.5) is 0 Å². The van der Waals surface area contributed by atoms with Gasteiger partial charge in [-0.25, -0.2) is 0 Å².